The van der Waals surface area contributed by atoms with Crippen molar-refractivity contribution in [3.63, 3.8) is 0 Å². The van der Waals surface area contributed by atoms with Gasteiger partial charge in [0.25, 0.3) is 0 Å². The van der Waals surface area contributed by atoms with Crippen molar-refractivity contribution < 1.29 is 19.5 Å². The van der Waals surface area contributed by atoms with Crippen LogP contribution in [-0.2, 0) is 19.8 Å². The average Bonchev–Trinajstić information content (AvgIpc) is 3.13. The van der Waals surface area contributed by atoms with Crippen LogP contribution >= 0.6 is 0 Å². The molecule has 1 saturated heterocycles. The SMILES string of the molecule is CC(=O)N=C1C=C2C(=C/C1=C1\C(=O)C(c3cc4c(cc3NC(C)=O)N(C)C(C)C4(C)C)=C1O)C(C)(C)C(C)N2C. The van der Waals surface area contributed by atoms with E-state index in [0.717, 1.165) is 22.5 Å². The van der Waals surface area contributed by atoms with Gasteiger partial charge in [-0.15, -0.1) is 0 Å². The summed E-state index contributed by atoms with van der Waals surface area (Å²) in [6.07, 6.45) is 3.73. The third-order valence-corrected chi connectivity index (χ3v) is 9.70. The lowest BCUT2D eigenvalue weighted by molar-refractivity contribution is -0.116. The summed E-state index contributed by atoms with van der Waals surface area (Å²) in [6, 6.07) is 4.18. The van der Waals surface area contributed by atoms with E-state index >= 15 is 0 Å². The van der Waals surface area contributed by atoms with Gasteiger partial charge < -0.3 is 20.2 Å². The number of carbonyl (C=O) groups is 3. The number of benzene rings is 1. The Morgan fingerprint density at radius 3 is 2.15 bits per heavy atom. The molecule has 2 atom stereocenters. The molecule has 0 spiro atoms. The predicted octanol–water partition coefficient (Wildman–Crippen LogP) is 5.08. The molecule has 2 unspecified atom stereocenters. The van der Waals surface area contributed by atoms with Gasteiger partial charge in [-0.1, -0.05) is 27.7 Å². The summed E-state index contributed by atoms with van der Waals surface area (Å²) in [7, 11) is 4.02. The Balaban J connectivity index is 1.73. The second-order valence-electron chi connectivity index (χ2n) is 12.6. The van der Waals surface area contributed by atoms with Crippen LogP contribution in [0.5, 0.6) is 0 Å². The lowest BCUT2D eigenvalue weighted by Gasteiger charge is -2.29. The first-order valence-electron chi connectivity index (χ1n) is 13.7. The molecule has 0 saturated carbocycles. The largest absolute Gasteiger partial charge is 0.506 e. The minimum atomic E-state index is -0.391. The fourth-order valence-electron chi connectivity index (χ4n) is 6.48. The lowest BCUT2D eigenvalue weighted by atomic mass is 9.73. The fraction of sp³-hybridized carbons (Fsp3) is 0.438. The van der Waals surface area contributed by atoms with E-state index in [1.165, 1.54) is 13.8 Å². The number of aliphatic hydroxyl groups excluding tert-OH is 1. The number of Topliss-reactive ketones (excluding diaryl/α,β-unsaturated/α-hetero) is 1. The lowest BCUT2D eigenvalue weighted by Crippen LogP contribution is -2.36. The molecule has 2 heterocycles. The van der Waals surface area contributed by atoms with Crippen molar-refractivity contribution in [2.75, 3.05) is 24.3 Å². The smallest absolute Gasteiger partial charge is 0.243 e. The van der Waals surface area contributed by atoms with E-state index in [4.69, 9.17) is 0 Å². The molecular weight excluding hydrogens is 504 g/mol. The first-order valence-corrected chi connectivity index (χ1v) is 13.7. The number of amides is 2. The Hall–Kier alpha value is -3.94. The van der Waals surface area contributed by atoms with Gasteiger partial charge in [-0.2, -0.15) is 0 Å². The third-order valence-electron chi connectivity index (χ3n) is 9.70. The van der Waals surface area contributed by atoms with Gasteiger partial charge in [0.05, 0.1) is 22.5 Å². The van der Waals surface area contributed by atoms with Crippen LogP contribution in [0.3, 0.4) is 0 Å². The fourth-order valence-corrected chi connectivity index (χ4v) is 6.48. The van der Waals surface area contributed by atoms with Gasteiger partial charge in [0.2, 0.25) is 17.6 Å². The number of nitrogens with one attached hydrogen (secondary N) is 1. The van der Waals surface area contributed by atoms with E-state index in [0.29, 0.717) is 22.5 Å². The van der Waals surface area contributed by atoms with Crippen LogP contribution in [-0.4, -0.2) is 59.5 Å². The summed E-state index contributed by atoms with van der Waals surface area (Å²) in [5.41, 5.74) is 5.57. The molecule has 2 aliphatic heterocycles. The van der Waals surface area contributed by atoms with Crippen LogP contribution in [0.1, 0.15) is 66.5 Å². The van der Waals surface area contributed by atoms with Crippen molar-refractivity contribution in [2.45, 2.75) is 72.9 Å². The van der Waals surface area contributed by atoms with Crippen molar-refractivity contribution >= 4 is 40.3 Å². The van der Waals surface area contributed by atoms with Crippen LogP contribution in [0.15, 0.2) is 57.5 Å². The standard InChI is InChI=1S/C32H38N4O4/c1-15-31(5,6)21-11-19(23(33-17(3)37)13-25(21)35(15)9)27-29(39)28(30(27)40)20-12-22-26(14-24(20)34-18(4)38)36(10)16(2)32(22,7)8/h11-16,39H,1-10H3,(H,33,37)/b28-20+,34-24?. The van der Waals surface area contributed by atoms with Crippen molar-refractivity contribution in [3.8, 4) is 0 Å². The summed E-state index contributed by atoms with van der Waals surface area (Å²) in [5.74, 6) is -1.17. The second kappa shape index (κ2) is 8.78. The molecule has 0 bridgehead atoms. The van der Waals surface area contributed by atoms with Gasteiger partial charge in [0.1, 0.15) is 5.76 Å². The average molecular weight is 543 g/mol. The van der Waals surface area contributed by atoms with Gasteiger partial charge in [-0.3, -0.25) is 14.4 Å². The number of aliphatic hydroxyl groups is 1. The molecule has 1 fully saturated rings. The van der Waals surface area contributed by atoms with Gasteiger partial charge in [-0.25, -0.2) is 4.99 Å². The van der Waals surface area contributed by atoms with Crippen molar-refractivity contribution in [3.05, 3.63) is 63.6 Å². The van der Waals surface area contributed by atoms with E-state index in [1.54, 1.807) is 0 Å². The van der Waals surface area contributed by atoms with Gasteiger partial charge >= 0.3 is 0 Å². The molecule has 5 rings (SSSR count). The van der Waals surface area contributed by atoms with E-state index in [2.05, 4.69) is 61.7 Å². The number of aliphatic imine (C=N–C) groups is 1. The Morgan fingerprint density at radius 2 is 1.57 bits per heavy atom. The van der Waals surface area contributed by atoms with E-state index in [9.17, 15) is 19.5 Å². The maximum Gasteiger partial charge on any atom is 0.243 e. The van der Waals surface area contributed by atoms with Crippen LogP contribution in [0.4, 0.5) is 11.4 Å². The van der Waals surface area contributed by atoms with E-state index in [1.807, 2.05) is 38.4 Å². The molecule has 210 valence electrons. The van der Waals surface area contributed by atoms with Crippen molar-refractivity contribution in [2.24, 2.45) is 10.4 Å². The van der Waals surface area contributed by atoms with Crippen LogP contribution in [0.2, 0.25) is 0 Å². The quantitative estimate of drug-likeness (QED) is 0.506. The first kappa shape index (κ1) is 27.6. The summed E-state index contributed by atoms with van der Waals surface area (Å²) in [4.78, 5) is 46.7. The number of anilines is 2. The molecule has 2 amide bonds. The van der Waals surface area contributed by atoms with Crippen LogP contribution in [0, 0.1) is 5.41 Å². The molecule has 2 aliphatic carbocycles. The van der Waals surface area contributed by atoms with E-state index in [-0.39, 0.29) is 51.5 Å². The minimum Gasteiger partial charge on any atom is -0.506 e. The highest BCUT2D eigenvalue weighted by atomic mass is 16.3. The number of likely N-dealkylation sites (N-methyl/N-ethyl adjacent to an activating group) is 2. The summed E-state index contributed by atoms with van der Waals surface area (Å²) < 4.78 is 0. The number of carbonyl (C=O) groups excluding carboxylic acids is 3. The highest BCUT2D eigenvalue weighted by Crippen LogP contribution is 2.52. The van der Waals surface area contributed by atoms with Gasteiger partial charge in [0, 0.05) is 73.4 Å². The molecule has 8 heteroatoms. The number of allylic oxidation sites excluding steroid dienone is 6. The van der Waals surface area contributed by atoms with Crippen molar-refractivity contribution in [1.29, 1.82) is 0 Å². The molecule has 0 radical (unpaired) electrons. The van der Waals surface area contributed by atoms with Crippen molar-refractivity contribution in [1.82, 2.24) is 4.90 Å². The van der Waals surface area contributed by atoms with Crippen LogP contribution in [0.25, 0.3) is 5.57 Å². The Labute approximate surface area is 235 Å². The minimum absolute atomic E-state index is 0.134. The number of rotatable bonds is 2. The monoisotopic (exact) mass is 542 g/mol. The Bertz CT molecular complexity index is 1570. The third kappa shape index (κ3) is 3.72. The number of ketones is 1. The van der Waals surface area contributed by atoms with Gasteiger partial charge in [0.15, 0.2) is 0 Å². The summed E-state index contributed by atoms with van der Waals surface area (Å²) in [5, 5.41) is 14.4. The number of hydrogen-bond donors (Lipinski definition) is 2. The molecule has 8 nitrogen and oxygen atoms in total. The zero-order chi connectivity index (χ0) is 29.6. The first-order chi connectivity index (χ1) is 18.5. The maximum absolute atomic E-state index is 13.9. The Kier molecular flexibility index (Phi) is 6.06. The summed E-state index contributed by atoms with van der Waals surface area (Å²) >= 11 is 0. The molecule has 2 N–H and O–H groups in total. The Morgan fingerprint density at radius 1 is 0.950 bits per heavy atom. The molecule has 1 aromatic carbocycles. The van der Waals surface area contributed by atoms with Gasteiger partial charge in [-0.05, 0) is 49.3 Å². The molecule has 4 aliphatic rings. The molecule has 1 aromatic rings. The molecular formula is C32H38N4O4. The topological polar surface area (TPSA) is 102 Å². The van der Waals surface area contributed by atoms with E-state index < -0.39 is 5.91 Å². The second-order valence-corrected chi connectivity index (χ2v) is 12.6. The highest BCUT2D eigenvalue weighted by molar-refractivity contribution is 6.42. The molecule has 40 heavy (non-hydrogen) atoms. The maximum atomic E-state index is 13.9. The van der Waals surface area contributed by atoms with Crippen LogP contribution < -0.4 is 10.2 Å². The predicted molar refractivity (Wildman–Crippen MR) is 159 cm³/mol. The zero-order valence-electron chi connectivity index (χ0n) is 25.0. The number of nitrogens with zero attached hydrogens (tertiary/aromatic N) is 3. The zero-order valence-corrected chi connectivity index (χ0v) is 25.0. The number of likely N-dealkylation sites (tertiary alicyclic amines) is 1. The molecule has 0 aromatic heterocycles. The normalized spacial score (nSPS) is 27.4. The number of fused-ring (bicyclic) bond motifs is 2. The number of hydrogen-bond acceptors (Lipinski definition) is 6. The highest BCUT2D eigenvalue weighted by Gasteiger charge is 2.47. The summed E-state index contributed by atoms with van der Waals surface area (Å²) in [6.45, 7) is 15.6.